The summed E-state index contributed by atoms with van der Waals surface area (Å²) < 4.78 is 22.7. The summed E-state index contributed by atoms with van der Waals surface area (Å²) in [4.78, 5) is 2.21. The quantitative estimate of drug-likeness (QED) is 0.875. The predicted octanol–water partition coefficient (Wildman–Crippen LogP) is 2.15. The van der Waals surface area contributed by atoms with Gasteiger partial charge in [0, 0.05) is 31.1 Å². The second-order valence-corrected chi connectivity index (χ2v) is 8.15. The molecule has 118 valence electrons. The van der Waals surface area contributed by atoms with Crippen molar-refractivity contribution in [2.24, 2.45) is 0 Å². The van der Waals surface area contributed by atoms with E-state index in [-0.39, 0.29) is 5.75 Å². The summed E-state index contributed by atoms with van der Waals surface area (Å²) in [7, 11) is -2.91. The molecule has 0 radical (unpaired) electrons. The molecule has 1 aliphatic rings. The van der Waals surface area contributed by atoms with Crippen LogP contribution in [0.25, 0.3) is 0 Å². The van der Waals surface area contributed by atoms with Crippen molar-refractivity contribution in [3.8, 4) is 0 Å². The van der Waals surface area contributed by atoms with E-state index in [0.717, 1.165) is 25.9 Å². The molecule has 2 rings (SSSR count). The minimum absolute atomic E-state index is 0.224. The highest BCUT2D eigenvalue weighted by Gasteiger charge is 2.19. The molecule has 0 saturated carbocycles. The SMILES string of the molecule is CCNC(C)c1ccc2c(c1)CCCN2CCS(C)(=O)=O. The third kappa shape index (κ3) is 4.45. The smallest absolute Gasteiger partial charge is 0.149 e. The van der Waals surface area contributed by atoms with Gasteiger partial charge in [0.05, 0.1) is 5.75 Å². The standard InChI is InChI=1S/C16H26N2O2S/c1-4-17-13(2)14-7-8-16-15(12-14)6-5-9-18(16)10-11-21(3,19)20/h7-8,12-13,17H,4-6,9-11H2,1-3H3. The minimum atomic E-state index is -2.91. The summed E-state index contributed by atoms with van der Waals surface area (Å²) in [5.41, 5.74) is 3.86. The van der Waals surface area contributed by atoms with Crippen LogP contribution in [-0.4, -0.2) is 40.1 Å². The van der Waals surface area contributed by atoms with Crippen molar-refractivity contribution in [3.63, 3.8) is 0 Å². The number of hydrogen-bond donors (Lipinski definition) is 1. The molecule has 0 aliphatic carbocycles. The second kappa shape index (κ2) is 6.79. The largest absolute Gasteiger partial charge is 0.370 e. The van der Waals surface area contributed by atoms with Gasteiger partial charge < -0.3 is 10.2 Å². The lowest BCUT2D eigenvalue weighted by Gasteiger charge is -2.32. The zero-order chi connectivity index (χ0) is 15.5. The average Bonchev–Trinajstić information content (AvgIpc) is 2.43. The average molecular weight is 310 g/mol. The Morgan fingerprint density at radius 1 is 1.38 bits per heavy atom. The molecule has 0 saturated heterocycles. The molecule has 5 heteroatoms. The molecule has 1 heterocycles. The Hall–Kier alpha value is -1.07. The van der Waals surface area contributed by atoms with Crippen molar-refractivity contribution < 1.29 is 8.42 Å². The molecule has 4 nitrogen and oxygen atoms in total. The number of anilines is 1. The second-order valence-electron chi connectivity index (χ2n) is 5.89. The lowest BCUT2D eigenvalue weighted by Crippen LogP contribution is -2.33. The lowest BCUT2D eigenvalue weighted by molar-refractivity contribution is 0.595. The Labute approximate surface area is 128 Å². The first kappa shape index (κ1) is 16.3. The van der Waals surface area contributed by atoms with E-state index >= 15 is 0 Å². The maximum absolute atomic E-state index is 11.4. The van der Waals surface area contributed by atoms with Crippen molar-refractivity contribution in [1.82, 2.24) is 5.32 Å². The third-order valence-corrected chi connectivity index (χ3v) is 4.98. The molecule has 0 fully saturated rings. The third-order valence-electron chi connectivity index (χ3n) is 4.06. The normalized spacial score (nSPS) is 16.6. The van der Waals surface area contributed by atoms with E-state index in [1.807, 2.05) is 0 Å². The number of aryl methyl sites for hydroxylation is 1. The Bertz CT molecular complexity index is 584. The number of benzene rings is 1. The van der Waals surface area contributed by atoms with Crippen LogP contribution in [0, 0.1) is 0 Å². The topological polar surface area (TPSA) is 49.4 Å². The Balaban J connectivity index is 2.16. The van der Waals surface area contributed by atoms with Crippen LogP contribution in [0.3, 0.4) is 0 Å². The number of hydrogen-bond acceptors (Lipinski definition) is 4. The van der Waals surface area contributed by atoms with Crippen LogP contribution in [0.1, 0.15) is 37.4 Å². The van der Waals surface area contributed by atoms with Gasteiger partial charge in [-0.05, 0) is 43.5 Å². The van der Waals surface area contributed by atoms with Gasteiger partial charge >= 0.3 is 0 Å². The number of nitrogens with one attached hydrogen (secondary N) is 1. The summed E-state index contributed by atoms with van der Waals surface area (Å²) >= 11 is 0. The van der Waals surface area contributed by atoms with E-state index in [4.69, 9.17) is 0 Å². The van der Waals surface area contributed by atoms with E-state index in [0.29, 0.717) is 12.6 Å². The van der Waals surface area contributed by atoms with E-state index in [1.54, 1.807) is 0 Å². The summed E-state index contributed by atoms with van der Waals surface area (Å²) in [5.74, 6) is 0.224. The summed E-state index contributed by atoms with van der Waals surface area (Å²) in [5, 5.41) is 3.43. The molecule has 0 spiro atoms. The molecule has 0 aromatic heterocycles. The maximum Gasteiger partial charge on any atom is 0.149 e. The van der Waals surface area contributed by atoms with Crippen LogP contribution in [-0.2, 0) is 16.3 Å². The minimum Gasteiger partial charge on any atom is -0.370 e. The number of sulfone groups is 1. The fourth-order valence-corrected chi connectivity index (χ4v) is 3.45. The molecular formula is C16H26N2O2S. The van der Waals surface area contributed by atoms with E-state index in [9.17, 15) is 8.42 Å². The highest BCUT2D eigenvalue weighted by molar-refractivity contribution is 7.90. The first-order chi connectivity index (χ1) is 9.90. The first-order valence-corrected chi connectivity index (χ1v) is 9.75. The Morgan fingerprint density at radius 2 is 2.14 bits per heavy atom. The molecule has 1 aromatic rings. The van der Waals surface area contributed by atoms with Crippen molar-refractivity contribution in [2.45, 2.75) is 32.7 Å². The molecule has 1 aromatic carbocycles. The van der Waals surface area contributed by atoms with Crippen LogP contribution in [0.5, 0.6) is 0 Å². The molecule has 1 atom stereocenters. The van der Waals surface area contributed by atoms with Crippen molar-refractivity contribution >= 4 is 15.5 Å². The zero-order valence-corrected chi connectivity index (χ0v) is 14.0. The van der Waals surface area contributed by atoms with Crippen LogP contribution < -0.4 is 10.2 Å². The fraction of sp³-hybridized carbons (Fsp3) is 0.625. The Morgan fingerprint density at radius 3 is 2.81 bits per heavy atom. The first-order valence-electron chi connectivity index (χ1n) is 7.69. The van der Waals surface area contributed by atoms with Gasteiger partial charge in [-0.3, -0.25) is 0 Å². The summed E-state index contributed by atoms with van der Waals surface area (Å²) in [6, 6.07) is 6.94. The van der Waals surface area contributed by atoms with Crippen molar-refractivity contribution in [1.29, 1.82) is 0 Å². The molecule has 1 unspecified atom stereocenters. The van der Waals surface area contributed by atoms with Gasteiger partial charge in [-0.1, -0.05) is 19.1 Å². The summed E-state index contributed by atoms with van der Waals surface area (Å²) in [6.45, 7) is 6.79. The van der Waals surface area contributed by atoms with Gasteiger partial charge in [0.2, 0.25) is 0 Å². The Kier molecular flexibility index (Phi) is 5.27. The highest BCUT2D eigenvalue weighted by atomic mass is 32.2. The van der Waals surface area contributed by atoms with Gasteiger partial charge in [0.25, 0.3) is 0 Å². The monoisotopic (exact) mass is 310 g/mol. The number of rotatable bonds is 6. The van der Waals surface area contributed by atoms with Gasteiger partial charge in [-0.15, -0.1) is 0 Å². The van der Waals surface area contributed by atoms with E-state index < -0.39 is 9.84 Å². The van der Waals surface area contributed by atoms with Crippen LogP contribution >= 0.6 is 0 Å². The van der Waals surface area contributed by atoms with Gasteiger partial charge in [0.15, 0.2) is 0 Å². The van der Waals surface area contributed by atoms with E-state index in [2.05, 4.69) is 42.3 Å². The predicted molar refractivity (Wildman–Crippen MR) is 88.8 cm³/mol. The molecule has 1 aliphatic heterocycles. The molecule has 0 bridgehead atoms. The van der Waals surface area contributed by atoms with Crippen LogP contribution in [0.2, 0.25) is 0 Å². The maximum atomic E-state index is 11.4. The zero-order valence-electron chi connectivity index (χ0n) is 13.2. The summed E-state index contributed by atoms with van der Waals surface area (Å²) in [6.07, 6.45) is 3.48. The van der Waals surface area contributed by atoms with E-state index in [1.165, 1.54) is 23.1 Å². The van der Waals surface area contributed by atoms with Crippen LogP contribution in [0.15, 0.2) is 18.2 Å². The molecule has 1 N–H and O–H groups in total. The highest BCUT2D eigenvalue weighted by Crippen LogP contribution is 2.29. The fourth-order valence-electron chi connectivity index (χ4n) is 2.90. The van der Waals surface area contributed by atoms with Gasteiger partial charge in [0.1, 0.15) is 9.84 Å². The van der Waals surface area contributed by atoms with Crippen LogP contribution in [0.4, 0.5) is 5.69 Å². The molecule has 0 amide bonds. The lowest BCUT2D eigenvalue weighted by atomic mass is 9.97. The molecule has 21 heavy (non-hydrogen) atoms. The number of fused-ring (bicyclic) bond motifs is 1. The van der Waals surface area contributed by atoms with Crippen molar-refractivity contribution in [3.05, 3.63) is 29.3 Å². The molecular weight excluding hydrogens is 284 g/mol. The number of nitrogens with zero attached hydrogens (tertiary/aromatic N) is 1. The van der Waals surface area contributed by atoms with Gasteiger partial charge in [-0.25, -0.2) is 8.42 Å². The van der Waals surface area contributed by atoms with Gasteiger partial charge in [-0.2, -0.15) is 0 Å². The van der Waals surface area contributed by atoms with Crippen molar-refractivity contribution in [2.75, 3.05) is 36.5 Å².